The average molecular weight is 361 g/mol. The van der Waals surface area contributed by atoms with E-state index in [1.165, 1.54) is 17.5 Å². The predicted molar refractivity (Wildman–Crippen MR) is 111 cm³/mol. The number of rotatable bonds is 5. The predicted octanol–water partition coefficient (Wildman–Crippen LogP) is 4.25. The molecule has 0 unspecified atom stereocenters. The minimum Gasteiger partial charge on any atom is -0.351 e. The first kappa shape index (κ1) is 17.8. The molecule has 4 heteroatoms. The summed E-state index contributed by atoms with van der Waals surface area (Å²) in [7, 11) is 0. The zero-order valence-corrected chi connectivity index (χ0v) is 15.8. The van der Waals surface area contributed by atoms with Gasteiger partial charge in [0.25, 0.3) is 5.91 Å². The third-order valence-electron chi connectivity index (χ3n) is 5.79. The number of amides is 1. The molecule has 4 N–H and O–H groups in total. The van der Waals surface area contributed by atoms with Gasteiger partial charge in [-0.3, -0.25) is 4.79 Å². The van der Waals surface area contributed by atoms with E-state index in [9.17, 15) is 4.79 Å². The van der Waals surface area contributed by atoms with E-state index in [-0.39, 0.29) is 5.91 Å². The van der Waals surface area contributed by atoms with Gasteiger partial charge in [-0.05, 0) is 67.8 Å². The van der Waals surface area contributed by atoms with Crippen LogP contribution >= 0.6 is 0 Å². The topological polar surface area (TPSA) is 70.9 Å². The van der Waals surface area contributed by atoms with Crippen molar-refractivity contribution in [1.29, 1.82) is 0 Å². The average Bonchev–Trinajstić information content (AvgIpc) is 3.32. The van der Waals surface area contributed by atoms with Gasteiger partial charge < -0.3 is 16.0 Å². The molecule has 4 nitrogen and oxygen atoms in total. The fourth-order valence-electron chi connectivity index (χ4n) is 4.09. The smallest absolute Gasteiger partial charge is 0.267 e. The molecule has 140 valence electrons. The molecule has 0 bridgehead atoms. The van der Waals surface area contributed by atoms with Crippen LogP contribution in [0.1, 0.15) is 35.3 Å². The van der Waals surface area contributed by atoms with Crippen LogP contribution in [0.4, 0.5) is 0 Å². The van der Waals surface area contributed by atoms with Gasteiger partial charge in [0.1, 0.15) is 5.69 Å². The van der Waals surface area contributed by atoms with E-state index in [0.29, 0.717) is 17.5 Å². The maximum Gasteiger partial charge on any atom is 0.267 e. The lowest BCUT2D eigenvalue weighted by molar-refractivity contribution is 0.0943. The molecule has 2 atom stereocenters. The summed E-state index contributed by atoms with van der Waals surface area (Å²) in [5.41, 5.74) is 10.9. The van der Waals surface area contributed by atoms with Crippen molar-refractivity contribution in [2.24, 2.45) is 17.6 Å². The highest BCUT2D eigenvalue weighted by molar-refractivity contribution is 5.98. The molecule has 1 aliphatic carbocycles. The number of hydrogen-bond donors (Lipinski definition) is 3. The highest BCUT2D eigenvalue weighted by atomic mass is 16.1. The van der Waals surface area contributed by atoms with E-state index in [2.05, 4.69) is 59.7 Å². The van der Waals surface area contributed by atoms with Gasteiger partial charge in [-0.25, -0.2) is 0 Å². The van der Waals surface area contributed by atoms with Gasteiger partial charge in [-0.15, -0.1) is 0 Å². The van der Waals surface area contributed by atoms with E-state index < -0.39 is 0 Å². The van der Waals surface area contributed by atoms with Gasteiger partial charge in [0.2, 0.25) is 0 Å². The molecule has 1 amide bonds. The van der Waals surface area contributed by atoms with E-state index in [0.717, 1.165) is 42.4 Å². The molecular formula is C23H27N3O. The van der Waals surface area contributed by atoms with Crippen molar-refractivity contribution >= 4 is 16.8 Å². The van der Waals surface area contributed by atoms with Crippen molar-refractivity contribution in [2.75, 3.05) is 13.1 Å². The van der Waals surface area contributed by atoms with Crippen LogP contribution in [0.25, 0.3) is 22.0 Å². The molecule has 3 aromatic rings. The second-order valence-electron chi connectivity index (χ2n) is 7.84. The zero-order chi connectivity index (χ0) is 18.8. The maximum absolute atomic E-state index is 12.5. The molecule has 0 radical (unpaired) electrons. The first-order valence-electron chi connectivity index (χ1n) is 9.80. The lowest BCUT2D eigenvalue weighted by atomic mass is 10.0. The summed E-state index contributed by atoms with van der Waals surface area (Å²) < 4.78 is 0. The van der Waals surface area contributed by atoms with E-state index in [1.807, 2.05) is 6.07 Å². The summed E-state index contributed by atoms with van der Waals surface area (Å²) in [4.78, 5) is 15.8. The normalized spacial score (nSPS) is 19.5. The maximum atomic E-state index is 12.5. The summed E-state index contributed by atoms with van der Waals surface area (Å²) in [6.07, 6.45) is 3.48. The standard InChI is InChI=1S/C23H27N3O/c1-15-2-6-18(7-3-15)19-8-9-20-12-22(26-21(20)11-19)23(27)25-14-17-5-4-16(10-17)13-24/h2-3,6-9,11-12,16-17,26H,4-5,10,13-14,24H2,1H3,(H,25,27)/t16-,17+/m0/s1. The number of carbonyl (C=O) groups excluding carboxylic acids is 1. The van der Waals surface area contributed by atoms with Crippen molar-refractivity contribution in [3.8, 4) is 11.1 Å². The Bertz CT molecular complexity index is 942. The highest BCUT2D eigenvalue weighted by Gasteiger charge is 2.24. The number of benzene rings is 2. The van der Waals surface area contributed by atoms with Gasteiger partial charge in [-0.2, -0.15) is 0 Å². The third-order valence-corrected chi connectivity index (χ3v) is 5.79. The second kappa shape index (κ2) is 7.57. The molecule has 1 heterocycles. The molecule has 2 aromatic carbocycles. The molecular weight excluding hydrogens is 334 g/mol. The molecule has 1 saturated carbocycles. The fourth-order valence-corrected chi connectivity index (χ4v) is 4.09. The van der Waals surface area contributed by atoms with Crippen molar-refractivity contribution in [2.45, 2.75) is 26.2 Å². The molecule has 4 rings (SSSR count). The van der Waals surface area contributed by atoms with Crippen LogP contribution in [-0.2, 0) is 0 Å². The lowest BCUT2D eigenvalue weighted by Crippen LogP contribution is -2.28. The number of nitrogens with one attached hydrogen (secondary N) is 2. The Morgan fingerprint density at radius 1 is 1.07 bits per heavy atom. The van der Waals surface area contributed by atoms with E-state index in [4.69, 9.17) is 5.73 Å². The SMILES string of the molecule is Cc1ccc(-c2ccc3cc(C(=O)NC[C@@H]4CC[C@H](CN)C4)[nH]c3c2)cc1. The van der Waals surface area contributed by atoms with Crippen LogP contribution in [0.5, 0.6) is 0 Å². The minimum absolute atomic E-state index is 0.0284. The van der Waals surface area contributed by atoms with E-state index in [1.54, 1.807) is 0 Å². The largest absolute Gasteiger partial charge is 0.351 e. The molecule has 1 fully saturated rings. The number of aryl methyl sites for hydroxylation is 1. The van der Waals surface area contributed by atoms with Crippen LogP contribution in [0.3, 0.4) is 0 Å². The van der Waals surface area contributed by atoms with Crippen molar-refractivity contribution in [3.63, 3.8) is 0 Å². The quantitative estimate of drug-likeness (QED) is 0.636. The Balaban J connectivity index is 1.46. The number of nitrogens with two attached hydrogens (primary N) is 1. The van der Waals surface area contributed by atoms with Crippen LogP contribution < -0.4 is 11.1 Å². The molecule has 1 aliphatic rings. The summed E-state index contributed by atoms with van der Waals surface area (Å²) in [6, 6.07) is 16.7. The molecule has 1 aromatic heterocycles. The molecule has 0 aliphatic heterocycles. The van der Waals surface area contributed by atoms with Gasteiger partial charge in [0, 0.05) is 17.4 Å². The van der Waals surface area contributed by atoms with Gasteiger partial charge in [0.05, 0.1) is 0 Å². The Morgan fingerprint density at radius 3 is 2.56 bits per heavy atom. The first-order valence-corrected chi connectivity index (χ1v) is 9.80. The number of fused-ring (bicyclic) bond motifs is 1. The van der Waals surface area contributed by atoms with Crippen LogP contribution in [0.2, 0.25) is 0 Å². The zero-order valence-electron chi connectivity index (χ0n) is 15.8. The summed E-state index contributed by atoms with van der Waals surface area (Å²) in [6.45, 7) is 3.58. The molecule has 0 saturated heterocycles. The Morgan fingerprint density at radius 2 is 1.81 bits per heavy atom. The summed E-state index contributed by atoms with van der Waals surface area (Å²) in [5, 5.41) is 4.14. The summed E-state index contributed by atoms with van der Waals surface area (Å²) in [5.74, 6) is 1.15. The van der Waals surface area contributed by atoms with Crippen molar-refractivity contribution < 1.29 is 4.79 Å². The number of hydrogen-bond acceptors (Lipinski definition) is 2. The van der Waals surface area contributed by atoms with Crippen LogP contribution in [0.15, 0.2) is 48.5 Å². The Hall–Kier alpha value is -2.59. The second-order valence-corrected chi connectivity index (χ2v) is 7.84. The number of H-pyrrole nitrogens is 1. The fraction of sp³-hybridized carbons (Fsp3) is 0.348. The van der Waals surface area contributed by atoms with Gasteiger partial charge in [0.15, 0.2) is 0 Å². The van der Waals surface area contributed by atoms with Crippen LogP contribution in [-0.4, -0.2) is 24.0 Å². The minimum atomic E-state index is -0.0284. The Kier molecular flexibility index (Phi) is 4.99. The molecule has 27 heavy (non-hydrogen) atoms. The first-order chi connectivity index (χ1) is 13.1. The van der Waals surface area contributed by atoms with E-state index >= 15 is 0 Å². The molecule has 0 spiro atoms. The summed E-state index contributed by atoms with van der Waals surface area (Å²) >= 11 is 0. The highest BCUT2D eigenvalue weighted by Crippen LogP contribution is 2.29. The van der Waals surface area contributed by atoms with Crippen LogP contribution in [0, 0.1) is 18.8 Å². The van der Waals surface area contributed by atoms with Crippen molar-refractivity contribution in [3.05, 3.63) is 59.8 Å². The monoisotopic (exact) mass is 361 g/mol. The number of aromatic amines is 1. The number of carbonyl (C=O) groups is 1. The van der Waals surface area contributed by atoms with Gasteiger partial charge >= 0.3 is 0 Å². The Labute approximate surface area is 160 Å². The third kappa shape index (κ3) is 3.91. The lowest BCUT2D eigenvalue weighted by Gasteiger charge is -2.11. The number of aromatic nitrogens is 1. The van der Waals surface area contributed by atoms with Gasteiger partial charge in [-0.1, -0.05) is 42.0 Å². The van der Waals surface area contributed by atoms with Crippen molar-refractivity contribution in [1.82, 2.24) is 10.3 Å².